The Morgan fingerprint density at radius 2 is 2.17 bits per heavy atom. The molecule has 0 atom stereocenters. The van der Waals surface area contributed by atoms with Crippen molar-refractivity contribution in [1.29, 1.82) is 0 Å². The first-order valence-corrected chi connectivity index (χ1v) is 6.86. The molecule has 0 unspecified atom stereocenters. The van der Waals surface area contributed by atoms with Crippen molar-refractivity contribution < 1.29 is 9.53 Å². The molecule has 0 radical (unpaired) electrons. The van der Waals surface area contributed by atoms with Crippen LogP contribution in [-0.2, 0) is 16.1 Å². The van der Waals surface area contributed by atoms with Gasteiger partial charge in [0.25, 0.3) is 0 Å². The van der Waals surface area contributed by atoms with Gasteiger partial charge < -0.3 is 4.74 Å². The maximum Gasteiger partial charge on any atom is 0.319 e. The number of fused-ring (bicyclic) bond motifs is 1. The summed E-state index contributed by atoms with van der Waals surface area (Å²) in [4.78, 5) is 13.4. The van der Waals surface area contributed by atoms with Crippen LogP contribution >= 0.6 is 11.3 Å². The van der Waals surface area contributed by atoms with E-state index in [-0.39, 0.29) is 5.97 Å². The average molecular weight is 263 g/mol. The number of thiophene rings is 1. The minimum absolute atomic E-state index is 0.184. The highest BCUT2D eigenvalue weighted by Gasteiger charge is 2.12. The summed E-state index contributed by atoms with van der Waals surface area (Å²) >= 11 is 1.75. The molecule has 3 nitrogen and oxygen atoms in total. The highest BCUT2D eigenvalue weighted by molar-refractivity contribution is 7.17. The minimum Gasteiger partial charge on any atom is -0.468 e. The first-order valence-electron chi connectivity index (χ1n) is 5.99. The summed E-state index contributed by atoms with van der Waals surface area (Å²) in [7, 11) is 1.43. The third-order valence-corrected chi connectivity index (χ3v) is 4.00. The summed E-state index contributed by atoms with van der Waals surface area (Å²) in [5.41, 5.74) is 1.28. The number of hydrogen-bond donors (Lipinski definition) is 0. The van der Waals surface area contributed by atoms with E-state index in [0.29, 0.717) is 6.54 Å². The van der Waals surface area contributed by atoms with Crippen LogP contribution in [0.15, 0.2) is 29.6 Å². The molecule has 0 aliphatic carbocycles. The molecular weight excluding hydrogens is 246 g/mol. The van der Waals surface area contributed by atoms with Gasteiger partial charge >= 0.3 is 5.97 Å². The van der Waals surface area contributed by atoms with Crippen molar-refractivity contribution in [2.75, 3.05) is 20.2 Å². The number of carbonyl (C=O) groups excluding carboxylic acids is 1. The van der Waals surface area contributed by atoms with E-state index in [0.717, 1.165) is 13.1 Å². The fraction of sp³-hybridized carbons (Fsp3) is 0.357. The second-order valence-electron chi connectivity index (χ2n) is 4.14. The summed E-state index contributed by atoms with van der Waals surface area (Å²) in [5.74, 6) is -0.184. The van der Waals surface area contributed by atoms with Crippen LogP contribution in [0.4, 0.5) is 0 Å². The van der Waals surface area contributed by atoms with Crippen LogP contribution in [0.3, 0.4) is 0 Å². The van der Waals surface area contributed by atoms with Gasteiger partial charge in [0.05, 0.1) is 13.7 Å². The third-order valence-electron chi connectivity index (χ3n) is 2.98. The van der Waals surface area contributed by atoms with E-state index < -0.39 is 0 Å². The lowest BCUT2D eigenvalue weighted by molar-refractivity contribution is -0.142. The van der Waals surface area contributed by atoms with E-state index in [1.807, 2.05) is 0 Å². The first kappa shape index (κ1) is 13.1. The van der Waals surface area contributed by atoms with E-state index >= 15 is 0 Å². The van der Waals surface area contributed by atoms with Crippen LogP contribution in [0.25, 0.3) is 10.1 Å². The summed E-state index contributed by atoms with van der Waals surface area (Å²) < 4.78 is 6.00. The maximum atomic E-state index is 11.3. The molecule has 0 saturated carbocycles. The highest BCUT2D eigenvalue weighted by atomic mass is 32.1. The van der Waals surface area contributed by atoms with Gasteiger partial charge in [0.2, 0.25) is 0 Å². The van der Waals surface area contributed by atoms with Gasteiger partial charge in [-0.1, -0.05) is 25.1 Å². The molecule has 4 heteroatoms. The molecule has 0 amide bonds. The number of hydrogen-bond acceptors (Lipinski definition) is 4. The first-order chi connectivity index (χ1) is 8.74. The normalized spacial score (nSPS) is 11.1. The molecule has 1 aromatic carbocycles. The average Bonchev–Trinajstić information content (AvgIpc) is 2.81. The molecule has 2 aromatic rings. The largest absolute Gasteiger partial charge is 0.468 e. The number of esters is 1. The Labute approximate surface area is 111 Å². The molecule has 0 aliphatic rings. The number of methoxy groups -OCH3 is 1. The molecule has 0 fully saturated rings. The molecule has 1 aromatic heterocycles. The monoisotopic (exact) mass is 263 g/mol. The zero-order valence-corrected chi connectivity index (χ0v) is 11.5. The molecule has 2 rings (SSSR count). The number of ether oxygens (including phenoxy) is 1. The van der Waals surface area contributed by atoms with Crippen molar-refractivity contribution >= 4 is 27.4 Å². The number of likely N-dealkylation sites (N-methyl/N-ethyl adjacent to an activating group) is 1. The second-order valence-corrected chi connectivity index (χ2v) is 5.05. The summed E-state index contributed by atoms with van der Waals surface area (Å²) in [6.45, 7) is 4.02. The van der Waals surface area contributed by atoms with Crippen molar-refractivity contribution in [2.24, 2.45) is 0 Å². The molecule has 0 saturated heterocycles. The van der Waals surface area contributed by atoms with E-state index in [2.05, 4.69) is 41.5 Å². The molecule has 18 heavy (non-hydrogen) atoms. The lowest BCUT2D eigenvalue weighted by Crippen LogP contribution is -2.29. The van der Waals surface area contributed by atoms with Crippen molar-refractivity contribution in [3.05, 3.63) is 35.2 Å². The van der Waals surface area contributed by atoms with E-state index in [4.69, 9.17) is 4.74 Å². The molecule has 0 spiro atoms. The van der Waals surface area contributed by atoms with Crippen LogP contribution in [0, 0.1) is 0 Å². The number of nitrogens with zero attached hydrogens (tertiary/aromatic N) is 1. The Bertz CT molecular complexity index is 535. The Hall–Kier alpha value is -1.39. The number of rotatable bonds is 5. The number of benzene rings is 1. The summed E-state index contributed by atoms with van der Waals surface area (Å²) in [6.07, 6.45) is 0. The molecule has 0 aliphatic heterocycles. The zero-order chi connectivity index (χ0) is 13.0. The van der Waals surface area contributed by atoms with E-state index in [1.54, 1.807) is 11.3 Å². The zero-order valence-electron chi connectivity index (χ0n) is 10.7. The summed E-state index contributed by atoms with van der Waals surface area (Å²) in [5, 5.41) is 3.45. The van der Waals surface area contributed by atoms with Gasteiger partial charge in [-0.2, -0.15) is 0 Å². The lowest BCUT2D eigenvalue weighted by Gasteiger charge is -2.18. The van der Waals surface area contributed by atoms with Crippen LogP contribution in [0.1, 0.15) is 12.5 Å². The van der Waals surface area contributed by atoms with E-state index in [1.165, 1.54) is 22.8 Å². The lowest BCUT2D eigenvalue weighted by atomic mass is 10.1. The van der Waals surface area contributed by atoms with Gasteiger partial charge in [-0.3, -0.25) is 9.69 Å². The smallest absolute Gasteiger partial charge is 0.319 e. The fourth-order valence-electron chi connectivity index (χ4n) is 1.92. The molecular formula is C14H17NO2S. The molecule has 0 N–H and O–H groups in total. The Morgan fingerprint density at radius 1 is 1.39 bits per heavy atom. The van der Waals surface area contributed by atoms with Crippen molar-refractivity contribution in [3.8, 4) is 0 Å². The van der Waals surface area contributed by atoms with Gasteiger partial charge in [0, 0.05) is 11.2 Å². The second kappa shape index (κ2) is 5.98. The molecule has 96 valence electrons. The van der Waals surface area contributed by atoms with Gasteiger partial charge in [0.15, 0.2) is 0 Å². The molecule has 1 heterocycles. The van der Waals surface area contributed by atoms with Crippen molar-refractivity contribution in [3.63, 3.8) is 0 Å². The Kier molecular flexibility index (Phi) is 4.33. The van der Waals surface area contributed by atoms with Crippen molar-refractivity contribution in [1.82, 2.24) is 4.90 Å². The standard InChI is InChI=1S/C14H17NO2S/c1-3-15(9-14(16)17-2)8-11-10-18-13-7-5-4-6-12(11)13/h4-7,10H,3,8-9H2,1-2H3. The van der Waals surface area contributed by atoms with E-state index in [9.17, 15) is 4.79 Å². The van der Waals surface area contributed by atoms with Gasteiger partial charge in [-0.05, 0) is 28.9 Å². The van der Waals surface area contributed by atoms with Crippen LogP contribution in [-0.4, -0.2) is 31.1 Å². The number of carbonyl (C=O) groups is 1. The fourth-order valence-corrected chi connectivity index (χ4v) is 2.88. The Morgan fingerprint density at radius 3 is 2.89 bits per heavy atom. The van der Waals surface area contributed by atoms with Crippen LogP contribution < -0.4 is 0 Å². The maximum absolute atomic E-state index is 11.3. The summed E-state index contributed by atoms with van der Waals surface area (Å²) in [6, 6.07) is 8.36. The van der Waals surface area contributed by atoms with Gasteiger partial charge in [-0.25, -0.2) is 0 Å². The van der Waals surface area contributed by atoms with Gasteiger partial charge in [0.1, 0.15) is 0 Å². The van der Waals surface area contributed by atoms with Crippen LogP contribution in [0.5, 0.6) is 0 Å². The van der Waals surface area contributed by atoms with Gasteiger partial charge in [-0.15, -0.1) is 11.3 Å². The Balaban J connectivity index is 2.14. The minimum atomic E-state index is -0.184. The topological polar surface area (TPSA) is 29.5 Å². The predicted molar refractivity (Wildman–Crippen MR) is 74.8 cm³/mol. The van der Waals surface area contributed by atoms with Crippen LogP contribution in [0.2, 0.25) is 0 Å². The highest BCUT2D eigenvalue weighted by Crippen LogP contribution is 2.26. The van der Waals surface area contributed by atoms with Crippen molar-refractivity contribution in [2.45, 2.75) is 13.5 Å². The predicted octanol–water partition coefficient (Wildman–Crippen LogP) is 2.90. The molecule has 0 bridgehead atoms. The quantitative estimate of drug-likeness (QED) is 0.777. The third kappa shape index (κ3) is 2.89. The SMILES string of the molecule is CCN(CC(=O)OC)Cc1csc2ccccc12.